The Hall–Kier alpha value is -0.900. The zero-order valence-electron chi connectivity index (χ0n) is 11.2. The lowest BCUT2D eigenvalue weighted by molar-refractivity contribution is 0.436. The number of likely N-dealkylation sites (N-methyl/N-ethyl adjacent to an activating group) is 1. The van der Waals surface area contributed by atoms with Crippen LogP contribution in [0.4, 0.5) is 0 Å². The summed E-state index contributed by atoms with van der Waals surface area (Å²) in [6.07, 6.45) is 8.12. The van der Waals surface area contributed by atoms with Crippen molar-refractivity contribution in [3.05, 3.63) is 11.8 Å². The van der Waals surface area contributed by atoms with Crippen LogP contribution < -0.4 is 5.32 Å². The quantitative estimate of drug-likeness (QED) is 0.638. The molecule has 0 saturated carbocycles. The van der Waals surface area contributed by atoms with Crippen molar-refractivity contribution < 1.29 is 4.42 Å². The fourth-order valence-electron chi connectivity index (χ4n) is 1.74. The van der Waals surface area contributed by atoms with E-state index in [1.165, 1.54) is 25.7 Å². The lowest BCUT2D eigenvalue weighted by atomic mass is 10.1. The summed E-state index contributed by atoms with van der Waals surface area (Å²) < 4.78 is 5.57. The fraction of sp³-hybridized carbons (Fsp3) is 0.846. The van der Waals surface area contributed by atoms with Crippen molar-refractivity contribution in [2.45, 2.75) is 58.8 Å². The van der Waals surface area contributed by atoms with Crippen molar-refractivity contribution >= 4 is 0 Å². The van der Waals surface area contributed by atoms with E-state index < -0.39 is 0 Å². The zero-order chi connectivity index (χ0) is 12.3. The molecule has 1 aromatic heterocycles. The summed E-state index contributed by atoms with van der Waals surface area (Å²) in [4.78, 5) is 0. The molecule has 0 aliphatic heterocycles. The highest BCUT2D eigenvalue weighted by atomic mass is 16.4. The van der Waals surface area contributed by atoms with E-state index in [-0.39, 0.29) is 0 Å². The van der Waals surface area contributed by atoms with Gasteiger partial charge in [0.25, 0.3) is 0 Å². The van der Waals surface area contributed by atoms with Gasteiger partial charge < -0.3 is 9.73 Å². The van der Waals surface area contributed by atoms with E-state index in [0.717, 1.165) is 44.1 Å². The van der Waals surface area contributed by atoms with Crippen LogP contribution >= 0.6 is 0 Å². The first-order valence-corrected chi connectivity index (χ1v) is 6.88. The fourth-order valence-corrected chi connectivity index (χ4v) is 1.74. The van der Waals surface area contributed by atoms with Crippen molar-refractivity contribution in [2.75, 3.05) is 13.1 Å². The molecule has 98 valence electrons. The number of aromatic nitrogens is 2. The average Bonchev–Trinajstić information content (AvgIpc) is 2.77. The van der Waals surface area contributed by atoms with Crippen LogP contribution in [-0.4, -0.2) is 23.3 Å². The summed E-state index contributed by atoms with van der Waals surface area (Å²) in [7, 11) is 0. The van der Waals surface area contributed by atoms with Gasteiger partial charge in [-0.2, -0.15) is 0 Å². The molecule has 0 amide bonds. The van der Waals surface area contributed by atoms with Gasteiger partial charge in [0, 0.05) is 19.4 Å². The minimum absolute atomic E-state index is 0.759. The van der Waals surface area contributed by atoms with Gasteiger partial charge in [-0.05, 0) is 13.0 Å². The molecule has 4 nitrogen and oxygen atoms in total. The van der Waals surface area contributed by atoms with E-state index in [1.807, 2.05) is 0 Å². The second kappa shape index (κ2) is 9.16. The summed E-state index contributed by atoms with van der Waals surface area (Å²) in [5, 5.41) is 11.4. The second-order valence-electron chi connectivity index (χ2n) is 4.36. The van der Waals surface area contributed by atoms with E-state index in [2.05, 4.69) is 29.4 Å². The summed E-state index contributed by atoms with van der Waals surface area (Å²) in [6, 6.07) is 0. The van der Waals surface area contributed by atoms with E-state index >= 15 is 0 Å². The van der Waals surface area contributed by atoms with Crippen LogP contribution in [0.5, 0.6) is 0 Å². The number of nitrogens with one attached hydrogen (secondary N) is 1. The molecule has 4 heteroatoms. The van der Waals surface area contributed by atoms with Crippen LogP contribution in [0.15, 0.2) is 4.42 Å². The predicted molar refractivity (Wildman–Crippen MR) is 69.0 cm³/mol. The Morgan fingerprint density at radius 2 is 1.65 bits per heavy atom. The maximum Gasteiger partial charge on any atom is 0.217 e. The summed E-state index contributed by atoms with van der Waals surface area (Å²) in [5.41, 5.74) is 0. The van der Waals surface area contributed by atoms with Crippen LogP contribution in [0.1, 0.15) is 57.7 Å². The molecule has 1 heterocycles. The topological polar surface area (TPSA) is 51.0 Å². The third-order valence-corrected chi connectivity index (χ3v) is 2.77. The molecule has 0 spiro atoms. The Labute approximate surface area is 104 Å². The Kier molecular flexibility index (Phi) is 7.63. The van der Waals surface area contributed by atoms with Gasteiger partial charge in [-0.1, -0.05) is 39.5 Å². The molecule has 0 aromatic carbocycles. The van der Waals surface area contributed by atoms with Crippen LogP contribution in [0, 0.1) is 0 Å². The Bertz CT molecular complexity index is 286. The molecule has 0 aliphatic rings. The van der Waals surface area contributed by atoms with Crippen molar-refractivity contribution in [1.29, 1.82) is 0 Å². The minimum Gasteiger partial charge on any atom is -0.425 e. The Balaban J connectivity index is 2.12. The normalized spacial score (nSPS) is 10.9. The van der Waals surface area contributed by atoms with E-state index in [4.69, 9.17) is 4.42 Å². The van der Waals surface area contributed by atoms with Gasteiger partial charge in [-0.3, -0.25) is 0 Å². The van der Waals surface area contributed by atoms with Crippen molar-refractivity contribution in [3.63, 3.8) is 0 Å². The van der Waals surface area contributed by atoms with Crippen molar-refractivity contribution in [1.82, 2.24) is 15.5 Å². The molecular formula is C13H25N3O. The van der Waals surface area contributed by atoms with E-state index in [1.54, 1.807) is 0 Å². The van der Waals surface area contributed by atoms with Gasteiger partial charge in [0.1, 0.15) is 0 Å². The number of hydrogen-bond donors (Lipinski definition) is 1. The molecule has 0 aliphatic carbocycles. The summed E-state index contributed by atoms with van der Waals surface area (Å²) >= 11 is 0. The largest absolute Gasteiger partial charge is 0.425 e. The van der Waals surface area contributed by atoms with Crippen molar-refractivity contribution in [2.24, 2.45) is 0 Å². The van der Waals surface area contributed by atoms with Gasteiger partial charge in [0.05, 0.1) is 0 Å². The number of aryl methyl sites for hydroxylation is 1. The number of nitrogens with zero attached hydrogens (tertiary/aromatic N) is 2. The lowest BCUT2D eigenvalue weighted by Crippen LogP contribution is -2.16. The Morgan fingerprint density at radius 1 is 0.941 bits per heavy atom. The molecule has 0 unspecified atom stereocenters. The average molecular weight is 239 g/mol. The highest BCUT2D eigenvalue weighted by Gasteiger charge is 2.04. The third-order valence-electron chi connectivity index (χ3n) is 2.77. The van der Waals surface area contributed by atoms with Crippen LogP contribution in [0.3, 0.4) is 0 Å². The second-order valence-corrected chi connectivity index (χ2v) is 4.36. The number of rotatable bonds is 10. The third kappa shape index (κ3) is 6.41. The molecule has 1 N–H and O–H groups in total. The molecule has 0 atom stereocenters. The number of hydrogen-bond acceptors (Lipinski definition) is 4. The van der Waals surface area contributed by atoms with Gasteiger partial charge in [0.15, 0.2) is 0 Å². The predicted octanol–water partition coefficient (Wildman–Crippen LogP) is 2.73. The highest BCUT2D eigenvalue weighted by molar-refractivity contribution is 4.82. The first kappa shape index (κ1) is 14.2. The first-order valence-electron chi connectivity index (χ1n) is 6.88. The number of unbranched alkanes of at least 4 members (excludes halogenated alkanes) is 4. The maximum atomic E-state index is 5.57. The molecule has 0 radical (unpaired) electrons. The molecule has 0 bridgehead atoms. The van der Waals surface area contributed by atoms with Gasteiger partial charge in [-0.15, -0.1) is 10.2 Å². The van der Waals surface area contributed by atoms with Crippen molar-refractivity contribution in [3.8, 4) is 0 Å². The minimum atomic E-state index is 0.759. The molecule has 0 saturated heterocycles. The van der Waals surface area contributed by atoms with E-state index in [9.17, 15) is 0 Å². The summed E-state index contributed by atoms with van der Waals surface area (Å²) in [6.45, 7) is 6.22. The molecule has 17 heavy (non-hydrogen) atoms. The Morgan fingerprint density at radius 3 is 2.35 bits per heavy atom. The van der Waals surface area contributed by atoms with Gasteiger partial charge in [0.2, 0.25) is 11.8 Å². The molecular weight excluding hydrogens is 214 g/mol. The molecule has 1 rings (SSSR count). The lowest BCUT2D eigenvalue weighted by Gasteiger charge is -1.97. The highest BCUT2D eigenvalue weighted by Crippen LogP contribution is 2.08. The van der Waals surface area contributed by atoms with Crippen LogP contribution in [0.25, 0.3) is 0 Å². The van der Waals surface area contributed by atoms with Gasteiger partial charge >= 0.3 is 0 Å². The first-order chi connectivity index (χ1) is 8.36. The summed E-state index contributed by atoms with van der Waals surface area (Å²) in [5.74, 6) is 1.56. The standard InChI is InChI=1S/C13H25N3O/c1-3-5-6-7-8-9-12-15-16-13(17-12)10-11-14-4-2/h14H,3-11H2,1-2H3. The SMILES string of the molecule is CCCCCCCc1nnc(CCNCC)o1. The van der Waals surface area contributed by atoms with Crippen LogP contribution in [0.2, 0.25) is 0 Å². The zero-order valence-corrected chi connectivity index (χ0v) is 11.2. The monoisotopic (exact) mass is 239 g/mol. The maximum absolute atomic E-state index is 5.57. The van der Waals surface area contributed by atoms with Crippen LogP contribution in [-0.2, 0) is 12.8 Å². The smallest absolute Gasteiger partial charge is 0.217 e. The van der Waals surface area contributed by atoms with Gasteiger partial charge in [-0.25, -0.2) is 0 Å². The van der Waals surface area contributed by atoms with E-state index in [0.29, 0.717) is 0 Å². The molecule has 0 fully saturated rings. The molecule has 1 aromatic rings.